The van der Waals surface area contributed by atoms with Gasteiger partial charge in [-0.1, -0.05) is 33.3 Å². The first kappa shape index (κ1) is 16.1. The van der Waals surface area contributed by atoms with E-state index in [1.165, 1.54) is 63.9 Å². The fourth-order valence-electron chi connectivity index (χ4n) is 6.35. The summed E-state index contributed by atoms with van der Waals surface area (Å²) in [5.41, 5.74) is -0.176. The van der Waals surface area contributed by atoms with Crippen LogP contribution in [0.25, 0.3) is 0 Å². The van der Waals surface area contributed by atoms with Gasteiger partial charge >= 0.3 is 5.97 Å². The van der Waals surface area contributed by atoms with Gasteiger partial charge in [0.15, 0.2) is 0 Å². The zero-order valence-corrected chi connectivity index (χ0v) is 14.4. The molecule has 4 aliphatic rings. The van der Waals surface area contributed by atoms with Gasteiger partial charge < -0.3 is 4.74 Å². The highest BCUT2D eigenvalue weighted by Gasteiger charge is 2.61. The van der Waals surface area contributed by atoms with E-state index in [1.54, 1.807) is 0 Å². The first-order chi connectivity index (χ1) is 10.6. The fraction of sp³-hybridized carbons (Fsp3) is 0.850. The van der Waals surface area contributed by atoms with E-state index in [2.05, 4.69) is 20.4 Å². The van der Waals surface area contributed by atoms with E-state index >= 15 is 0 Å². The van der Waals surface area contributed by atoms with E-state index in [0.717, 1.165) is 11.8 Å². The number of ether oxygens (including phenoxy) is 1. The van der Waals surface area contributed by atoms with Crippen molar-refractivity contribution in [3.05, 3.63) is 12.7 Å². The van der Waals surface area contributed by atoms with Crippen molar-refractivity contribution < 1.29 is 9.53 Å². The molecule has 4 rings (SSSR count). The maximum absolute atomic E-state index is 12.2. The normalized spacial score (nSPS) is 39.2. The number of esters is 1. The highest BCUT2D eigenvalue weighted by atomic mass is 16.6. The van der Waals surface area contributed by atoms with Crippen molar-refractivity contribution in [1.82, 2.24) is 0 Å². The van der Waals surface area contributed by atoms with E-state index in [-0.39, 0.29) is 11.6 Å². The van der Waals surface area contributed by atoms with Crippen LogP contribution in [0.15, 0.2) is 12.7 Å². The van der Waals surface area contributed by atoms with Crippen LogP contribution >= 0.6 is 0 Å². The molecule has 0 aromatic heterocycles. The zero-order valence-electron chi connectivity index (χ0n) is 14.4. The lowest BCUT2D eigenvalue weighted by molar-refractivity contribution is -0.227. The molecule has 0 unspecified atom stereocenters. The minimum absolute atomic E-state index is 0.176. The molecule has 4 fully saturated rings. The van der Waals surface area contributed by atoms with Gasteiger partial charge in [-0.2, -0.15) is 0 Å². The first-order valence-corrected chi connectivity index (χ1v) is 9.49. The van der Waals surface area contributed by atoms with Crippen molar-refractivity contribution in [2.75, 3.05) is 0 Å². The quantitative estimate of drug-likeness (QED) is 0.481. The highest BCUT2D eigenvalue weighted by Crippen LogP contribution is 2.62. The van der Waals surface area contributed by atoms with Gasteiger partial charge in [-0.3, -0.25) is 0 Å². The van der Waals surface area contributed by atoms with Crippen LogP contribution in [0.4, 0.5) is 0 Å². The smallest absolute Gasteiger partial charge is 0.330 e. The lowest BCUT2D eigenvalue weighted by atomic mass is 9.46. The van der Waals surface area contributed by atoms with Gasteiger partial charge in [-0.25, -0.2) is 4.79 Å². The Morgan fingerprint density at radius 3 is 2.00 bits per heavy atom. The third kappa shape index (κ3) is 2.53. The molecule has 2 heteroatoms. The monoisotopic (exact) mass is 304 g/mol. The third-order valence-electron chi connectivity index (χ3n) is 6.77. The van der Waals surface area contributed by atoms with E-state index in [9.17, 15) is 4.79 Å². The van der Waals surface area contributed by atoms with Crippen molar-refractivity contribution in [3.8, 4) is 0 Å². The topological polar surface area (TPSA) is 26.3 Å². The van der Waals surface area contributed by atoms with E-state index < -0.39 is 0 Å². The molecule has 22 heavy (non-hydrogen) atoms. The summed E-state index contributed by atoms with van der Waals surface area (Å²) in [6.45, 7) is 8.18. The first-order valence-electron chi connectivity index (χ1n) is 9.49. The number of hydrogen-bond acceptors (Lipinski definition) is 2. The summed E-state index contributed by atoms with van der Waals surface area (Å²) in [7, 11) is 0. The Balaban J connectivity index is 1.95. The maximum Gasteiger partial charge on any atom is 0.330 e. The average molecular weight is 304 g/mol. The third-order valence-corrected chi connectivity index (χ3v) is 6.77. The Hall–Kier alpha value is -0.790. The van der Waals surface area contributed by atoms with Crippen LogP contribution in [-0.4, -0.2) is 11.6 Å². The van der Waals surface area contributed by atoms with Crippen molar-refractivity contribution >= 4 is 5.97 Å². The van der Waals surface area contributed by atoms with E-state index in [4.69, 9.17) is 4.74 Å². The van der Waals surface area contributed by atoms with Crippen molar-refractivity contribution in [2.24, 2.45) is 29.6 Å². The number of carbonyl (C=O) groups is 1. The molecule has 0 amide bonds. The molecule has 0 aliphatic heterocycles. The van der Waals surface area contributed by atoms with Crippen LogP contribution < -0.4 is 0 Å². The Morgan fingerprint density at radius 2 is 1.59 bits per heavy atom. The second-order valence-electron chi connectivity index (χ2n) is 8.06. The molecular formula is C20H32O2. The fourth-order valence-corrected chi connectivity index (χ4v) is 6.35. The van der Waals surface area contributed by atoms with E-state index in [0.29, 0.717) is 17.8 Å². The van der Waals surface area contributed by atoms with Crippen LogP contribution in [0, 0.1) is 29.6 Å². The standard InChI is InChI=1S/C20H32O2/c1-4-7-16(8-5-2)20(22-19(21)6-3)17-10-14-9-15(12-17)13-18(20)11-14/h6,14-18H,3-5,7-13H2,1-2H3. The van der Waals surface area contributed by atoms with Gasteiger partial charge in [-0.05, 0) is 74.5 Å². The summed E-state index contributed by atoms with van der Waals surface area (Å²) in [5.74, 6) is 3.38. The second-order valence-corrected chi connectivity index (χ2v) is 8.06. The Bertz CT molecular complexity index is 391. The average Bonchev–Trinajstić information content (AvgIpc) is 2.50. The van der Waals surface area contributed by atoms with Gasteiger partial charge in [0.05, 0.1) is 0 Å². The van der Waals surface area contributed by atoms with Crippen molar-refractivity contribution in [3.63, 3.8) is 0 Å². The van der Waals surface area contributed by atoms with Crippen LogP contribution in [-0.2, 0) is 9.53 Å². The summed E-state index contributed by atoms with van der Waals surface area (Å²) in [4.78, 5) is 12.2. The van der Waals surface area contributed by atoms with Gasteiger partial charge in [0.2, 0.25) is 0 Å². The molecule has 0 N–H and O–H groups in total. The minimum Gasteiger partial charge on any atom is -0.455 e. The SMILES string of the molecule is C=CC(=O)OC1(C(CCC)CCC)C2CC3CC(C2)CC1C3. The second kappa shape index (κ2) is 6.37. The summed E-state index contributed by atoms with van der Waals surface area (Å²) in [6.07, 6.45) is 12.7. The number of hydrogen-bond donors (Lipinski definition) is 0. The summed E-state index contributed by atoms with van der Waals surface area (Å²) in [5, 5.41) is 0. The molecule has 4 bridgehead atoms. The maximum atomic E-state index is 12.2. The highest BCUT2D eigenvalue weighted by molar-refractivity contribution is 5.81. The van der Waals surface area contributed by atoms with Gasteiger partial charge in [0.25, 0.3) is 0 Å². The predicted octanol–water partition coefficient (Wildman–Crippen LogP) is 5.13. The van der Waals surface area contributed by atoms with Crippen LogP contribution in [0.2, 0.25) is 0 Å². The number of rotatable bonds is 7. The molecule has 0 heterocycles. The summed E-state index contributed by atoms with van der Waals surface area (Å²) >= 11 is 0. The molecule has 4 saturated carbocycles. The molecule has 0 aromatic rings. The lowest BCUT2D eigenvalue weighted by Crippen LogP contribution is -2.63. The molecule has 0 radical (unpaired) electrons. The molecule has 0 spiro atoms. The van der Waals surface area contributed by atoms with Gasteiger partial charge in [0, 0.05) is 6.08 Å². The molecule has 0 saturated heterocycles. The van der Waals surface area contributed by atoms with Crippen molar-refractivity contribution in [1.29, 1.82) is 0 Å². The molecule has 124 valence electrons. The minimum atomic E-state index is -0.190. The van der Waals surface area contributed by atoms with Gasteiger partial charge in [0.1, 0.15) is 5.60 Å². The molecule has 2 nitrogen and oxygen atoms in total. The molecular weight excluding hydrogens is 272 g/mol. The zero-order chi connectivity index (χ0) is 15.7. The molecule has 0 atom stereocenters. The largest absolute Gasteiger partial charge is 0.455 e. The van der Waals surface area contributed by atoms with Gasteiger partial charge in [-0.15, -0.1) is 0 Å². The van der Waals surface area contributed by atoms with Crippen LogP contribution in [0.3, 0.4) is 0 Å². The molecule has 4 aliphatic carbocycles. The van der Waals surface area contributed by atoms with Crippen molar-refractivity contribution in [2.45, 2.75) is 77.2 Å². The van der Waals surface area contributed by atoms with E-state index in [1.807, 2.05) is 0 Å². The predicted molar refractivity (Wildman–Crippen MR) is 89.4 cm³/mol. The van der Waals surface area contributed by atoms with Crippen LogP contribution in [0.5, 0.6) is 0 Å². The lowest BCUT2D eigenvalue weighted by Gasteiger charge is -2.62. The van der Waals surface area contributed by atoms with Crippen LogP contribution in [0.1, 0.15) is 71.6 Å². The summed E-state index contributed by atoms with van der Waals surface area (Å²) < 4.78 is 6.27. The number of carbonyl (C=O) groups excluding carboxylic acids is 1. The summed E-state index contributed by atoms with van der Waals surface area (Å²) in [6, 6.07) is 0. The Labute approximate surface area is 135 Å². The molecule has 0 aromatic carbocycles. The Morgan fingerprint density at radius 1 is 1.09 bits per heavy atom. The Kier molecular flexibility index (Phi) is 4.66.